The van der Waals surface area contributed by atoms with Crippen molar-refractivity contribution in [2.75, 3.05) is 6.61 Å². The average molecular weight is 208 g/mol. The number of carbonyl (C=O) groups is 1. The van der Waals surface area contributed by atoms with Crippen molar-refractivity contribution in [2.45, 2.75) is 26.5 Å². The molecule has 0 bridgehead atoms. The lowest BCUT2D eigenvalue weighted by Crippen LogP contribution is -2.28. The van der Waals surface area contributed by atoms with Crippen LogP contribution in [-0.2, 0) is 16.1 Å². The van der Waals surface area contributed by atoms with Crippen LogP contribution in [0.1, 0.15) is 19.4 Å². The lowest BCUT2D eigenvalue weighted by Gasteiger charge is -2.08. The topological polar surface area (TPSA) is 51.2 Å². The third-order valence-electron chi connectivity index (χ3n) is 1.79. The summed E-state index contributed by atoms with van der Waals surface area (Å²) in [6, 6.07) is 3.73. The van der Waals surface area contributed by atoms with Gasteiger partial charge in [0.05, 0.1) is 6.10 Å². The number of hydrogen-bond acceptors (Lipinski definition) is 3. The van der Waals surface area contributed by atoms with Gasteiger partial charge in [-0.05, 0) is 31.5 Å². The molecule has 0 aliphatic carbocycles. The van der Waals surface area contributed by atoms with Crippen molar-refractivity contribution in [3.8, 4) is 0 Å². The molecule has 0 spiro atoms. The van der Waals surface area contributed by atoms with Crippen LogP contribution < -0.4 is 5.32 Å². The molecular formula is C11H16N2O2. The second-order valence-corrected chi connectivity index (χ2v) is 3.49. The Morgan fingerprint density at radius 2 is 2.13 bits per heavy atom. The number of amides is 1. The highest BCUT2D eigenvalue weighted by atomic mass is 16.5. The summed E-state index contributed by atoms with van der Waals surface area (Å²) in [5, 5.41) is 2.76. The van der Waals surface area contributed by atoms with Gasteiger partial charge in [-0.3, -0.25) is 9.78 Å². The minimum absolute atomic E-state index is 0.0803. The summed E-state index contributed by atoms with van der Waals surface area (Å²) in [6.45, 7) is 4.43. The molecule has 0 unspecified atom stereocenters. The van der Waals surface area contributed by atoms with Gasteiger partial charge in [-0.1, -0.05) is 0 Å². The van der Waals surface area contributed by atoms with Gasteiger partial charge in [-0.15, -0.1) is 0 Å². The third-order valence-corrected chi connectivity index (χ3v) is 1.79. The number of rotatable bonds is 5. The van der Waals surface area contributed by atoms with E-state index in [1.165, 1.54) is 0 Å². The zero-order valence-electron chi connectivity index (χ0n) is 9.06. The van der Waals surface area contributed by atoms with E-state index in [4.69, 9.17) is 4.74 Å². The lowest BCUT2D eigenvalue weighted by atomic mass is 10.3. The summed E-state index contributed by atoms with van der Waals surface area (Å²) < 4.78 is 5.17. The predicted octanol–water partition coefficient (Wildman–Crippen LogP) is 1.12. The Morgan fingerprint density at radius 3 is 2.73 bits per heavy atom. The number of ether oxygens (including phenoxy) is 1. The summed E-state index contributed by atoms with van der Waals surface area (Å²) in [5.74, 6) is -0.0967. The van der Waals surface area contributed by atoms with E-state index >= 15 is 0 Å². The molecule has 1 rings (SSSR count). The largest absolute Gasteiger partial charge is 0.369 e. The Bertz CT molecular complexity index is 299. The number of nitrogens with one attached hydrogen (secondary N) is 1. The van der Waals surface area contributed by atoms with Gasteiger partial charge in [0.25, 0.3) is 0 Å². The molecule has 0 atom stereocenters. The van der Waals surface area contributed by atoms with E-state index in [1.807, 2.05) is 26.0 Å². The van der Waals surface area contributed by atoms with Crippen molar-refractivity contribution in [1.29, 1.82) is 0 Å². The Kier molecular flexibility index (Phi) is 4.77. The van der Waals surface area contributed by atoms with Gasteiger partial charge < -0.3 is 10.1 Å². The highest BCUT2D eigenvalue weighted by Gasteiger charge is 2.02. The van der Waals surface area contributed by atoms with Gasteiger partial charge in [0.2, 0.25) is 5.91 Å². The first kappa shape index (κ1) is 11.7. The Balaban J connectivity index is 2.23. The Hall–Kier alpha value is -1.42. The van der Waals surface area contributed by atoms with E-state index in [0.29, 0.717) is 6.54 Å². The van der Waals surface area contributed by atoms with Crippen molar-refractivity contribution in [3.63, 3.8) is 0 Å². The smallest absolute Gasteiger partial charge is 0.246 e. The van der Waals surface area contributed by atoms with Crippen molar-refractivity contribution in [2.24, 2.45) is 0 Å². The van der Waals surface area contributed by atoms with Crippen molar-refractivity contribution >= 4 is 5.91 Å². The van der Waals surface area contributed by atoms with E-state index in [0.717, 1.165) is 5.56 Å². The number of pyridine rings is 1. The highest BCUT2D eigenvalue weighted by Crippen LogP contribution is 1.95. The van der Waals surface area contributed by atoms with Gasteiger partial charge >= 0.3 is 0 Å². The zero-order valence-corrected chi connectivity index (χ0v) is 9.06. The normalized spacial score (nSPS) is 10.3. The summed E-state index contributed by atoms with van der Waals surface area (Å²) in [6.07, 6.45) is 3.48. The standard InChI is InChI=1S/C11H16N2O2/c1-9(2)15-8-11(14)13-7-10-3-5-12-6-4-10/h3-6,9H,7-8H2,1-2H3,(H,13,14). The molecule has 0 radical (unpaired) electrons. The van der Waals surface area contributed by atoms with E-state index in [1.54, 1.807) is 12.4 Å². The second kappa shape index (κ2) is 6.14. The molecule has 4 heteroatoms. The summed E-state index contributed by atoms with van der Waals surface area (Å²) in [7, 11) is 0. The summed E-state index contributed by atoms with van der Waals surface area (Å²) in [5.41, 5.74) is 1.03. The van der Waals surface area contributed by atoms with Crippen LogP contribution >= 0.6 is 0 Å². The molecule has 0 aromatic carbocycles. The van der Waals surface area contributed by atoms with Gasteiger partial charge in [-0.25, -0.2) is 0 Å². The quantitative estimate of drug-likeness (QED) is 0.789. The first-order valence-corrected chi connectivity index (χ1v) is 4.95. The van der Waals surface area contributed by atoms with Gasteiger partial charge in [0.1, 0.15) is 6.61 Å². The molecule has 0 aliphatic rings. The predicted molar refractivity (Wildman–Crippen MR) is 57.2 cm³/mol. The molecule has 0 saturated carbocycles. The first-order chi connectivity index (χ1) is 7.18. The monoisotopic (exact) mass is 208 g/mol. The minimum atomic E-state index is -0.0967. The van der Waals surface area contributed by atoms with Crippen LogP contribution in [0.15, 0.2) is 24.5 Å². The van der Waals surface area contributed by atoms with Crippen LogP contribution in [0.4, 0.5) is 0 Å². The molecule has 1 aromatic rings. The Labute approximate surface area is 89.7 Å². The van der Waals surface area contributed by atoms with Crippen LogP contribution in [0, 0.1) is 0 Å². The van der Waals surface area contributed by atoms with E-state index in [-0.39, 0.29) is 18.6 Å². The molecule has 82 valence electrons. The fourth-order valence-corrected chi connectivity index (χ4v) is 0.995. The molecule has 1 aromatic heterocycles. The van der Waals surface area contributed by atoms with Gasteiger partial charge in [-0.2, -0.15) is 0 Å². The Morgan fingerprint density at radius 1 is 1.47 bits per heavy atom. The number of hydrogen-bond donors (Lipinski definition) is 1. The molecule has 1 heterocycles. The van der Waals surface area contributed by atoms with E-state index in [9.17, 15) is 4.79 Å². The molecule has 0 saturated heterocycles. The number of carbonyl (C=O) groups excluding carboxylic acids is 1. The van der Waals surface area contributed by atoms with E-state index < -0.39 is 0 Å². The molecule has 15 heavy (non-hydrogen) atoms. The SMILES string of the molecule is CC(C)OCC(=O)NCc1ccncc1. The second-order valence-electron chi connectivity index (χ2n) is 3.49. The van der Waals surface area contributed by atoms with Crippen molar-refractivity contribution < 1.29 is 9.53 Å². The summed E-state index contributed by atoms with van der Waals surface area (Å²) in [4.78, 5) is 15.2. The lowest BCUT2D eigenvalue weighted by molar-refractivity contribution is -0.127. The van der Waals surface area contributed by atoms with Crippen LogP contribution in [0.3, 0.4) is 0 Å². The van der Waals surface area contributed by atoms with Crippen LogP contribution in [-0.4, -0.2) is 23.6 Å². The third kappa shape index (κ3) is 5.12. The molecule has 0 aliphatic heterocycles. The fraction of sp³-hybridized carbons (Fsp3) is 0.455. The van der Waals surface area contributed by atoms with Crippen molar-refractivity contribution in [1.82, 2.24) is 10.3 Å². The number of aromatic nitrogens is 1. The molecule has 1 N–H and O–H groups in total. The van der Waals surface area contributed by atoms with Crippen LogP contribution in [0.25, 0.3) is 0 Å². The zero-order chi connectivity index (χ0) is 11.1. The molecule has 4 nitrogen and oxygen atoms in total. The van der Waals surface area contributed by atoms with Crippen molar-refractivity contribution in [3.05, 3.63) is 30.1 Å². The number of nitrogens with zero attached hydrogens (tertiary/aromatic N) is 1. The maximum atomic E-state index is 11.3. The minimum Gasteiger partial charge on any atom is -0.369 e. The first-order valence-electron chi connectivity index (χ1n) is 4.95. The average Bonchev–Trinajstić information content (AvgIpc) is 2.25. The maximum Gasteiger partial charge on any atom is 0.246 e. The summed E-state index contributed by atoms with van der Waals surface area (Å²) >= 11 is 0. The molecular weight excluding hydrogens is 192 g/mol. The van der Waals surface area contributed by atoms with Gasteiger partial charge in [0, 0.05) is 18.9 Å². The van der Waals surface area contributed by atoms with E-state index in [2.05, 4.69) is 10.3 Å². The highest BCUT2D eigenvalue weighted by molar-refractivity contribution is 5.77. The van der Waals surface area contributed by atoms with Crippen LogP contribution in [0.2, 0.25) is 0 Å². The van der Waals surface area contributed by atoms with Crippen LogP contribution in [0.5, 0.6) is 0 Å². The molecule has 1 amide bonds. The fourth-order valence-electron chi connectivity index (χ4n) is 0.995. The maximum absolute atomic E-state index is 11.3. The van der Waals surface area contributed by atoms with Gasteiger partial charge in [0.15, 0.2) is 0 Å². The molecule has 0 fully saturated rings.